The second kappa shape index (κ2) is 5.28. The molecule has 0 radical (unpaired) electrons. The topological polar surface area (TPSA) is 32.5 Å². The molecule has 2 rings (SSSR count). The van der Waals surface area contributed by atoms with Gasteiger partial charge in [-0.3, -0.25) is 0 Å². The van der Waals surface area contributed by atoms with Crippen LogP contribution in [0.5, 0.6) is 0 Å². The molecule has 1 aliphatic heterocycles. The first kappa shape index (κ1) is 11.4. The van der Waals surface area contributed by atoms with E-state index in [0.29, 0.717) is 6.04 Å². The number of hydrogen-bond donors (Lipinski definition) is 1. The molecule has 0 atom stereocenters. The van der Waals surface area contributed by atoms with E-state index in [0.717, 1.165) is 5.92 Å². The van der Waals surface area contributed by atoms with Crippen molar-refractivity contribution in [2.75, 3.05) is 39.8 Å². The van der Waals surface area contributed by atoms with Gasteiger partial charge in [0, 0.05) is 25.7 Å². The Kier molecular flexibility index (Phi) is 4.00. The van der Waals surface area contributed by atoms with E-state index in [-0.39, 0.29) is 0 Å². The van der Waals surface area contributed by atoms with Gasteiger partial charge in [0.15, 0.2) is 0 Å². The fraction of sp³-hybridized carbons (Fsp3) is 1.00. The third-order valence-corrected chi connectivity index (χ3v) is 3.84. The fourth-order valence-corrected chi connectivity index (χ4v) is 2.79. The molecule has 2 aliphatic rings. The van der Waals surface area contributed by atoms with Gasteiger partial charge in [0.05, 0.1) is 0 Å². The van der Waals surface area contributed by atoms with Crippen LogP contribution in [-0.2, 0) is 0 Å². The van der Waals surface area contributed by atoms with E-state index in [1.165, 1.54) is 58.4 Å². The number of likely N-dealkylation sites (tertiary alicyclic amines) is 1. The first-order chi connectivity index (χ1) is 7.24. The maximum Gasteiger partial charge on any atom is 0.0109 e. The largest absolute Gasteiger partial charge is 0.328 e. The molecule has 1 saturated heterocycles. The molecule has 0 aromatic carbocycles. The van der Waals surface area contributed by atoms with Crippen LogP contribution in [-0.4, -0.2) is 55.6 Å². The van der Waals surface area contributed by atoms with Crippen molar-refractivity contribution in [1.29, 1.82) is 0 Å². The standard InChI is InChI=1S/C12H25N3/c1-14(10-11-8-12(13)9-11)6-7-15-4-2-3-5-15/h11-12H,2-10,13H2,1H3. The van der Waals surface area contributed by atoms with E-state index < -0.39 is 0 Å². The number of nitrogens with two attached hydrogens (primary N) is 1. The molecule has 1 aliphatic carbocycles. The lowest BCUT2D eigenvalue weighted by Crippen LogP contribution is -2.43. The van der Waals surface area contributed by atoms with E-state index in [9.17, 15) is 0 Å². The summed E-state index contributed by atoms with van der Waals surface area (Å²) in [5, 5.41) is 0. The van der Waals surface area contributed by atoms with E-state index in [2.05, 4.69) is 16.8 Å². The Morgan fingerprint density at radius 2 is 1.93 bits per heavy atom. The minimum atomic E-state index is 0.502. The third-order valence-electron chi connectivity index (χ3n) is 3.84. The highest BCUT2D eigenvalue weighted by Gasteiger charge is 2.26. The molecular weight excluding hydrogens is 186 g/mol. The number of hydrogen-bond acceptors (Lipinski definition) is 3. The van der Waals surface area contributed by atoms with E-state index in [1.807, 2.05) is 0 Å². The molecule has 2 N–H and O–H groups in total. The summed E-state index contributed by atoms with van der Waals surface area (Å²) in [6.07, 6.45) is 5.30. The normalized spacial score (nSPS) is 32.2. The van der Waals surface area contributed by atoms with Crippen LogP contribution in [0.15, 0.2) is 0 Å². The third kappa shape index (κ3) is 3.44. The summed E-state index contributed by atoms with van der Waals surface area (Å²) >= 11 is 0. The molecule has 2 fully saturated rings. The van der Waals surface area contributed by atoms with Gasteiger partial charge in [0.2, 0.25) is 0 Å². The summed E-state index contributed by atoms with van der Waals surface area (Å²) in [4.78, 5) is 5.07. The van der Waals surface area contributed by atoms with Gasteiger partial charge >= 0.3 is 0 Å². The lowest BCUT2D eigenvalue weighted by Gasteiger charge is -2.35. The van der Waals surface area contributed by atoms with Crippen LogP contribution >= 0.6 is 0 Å². The second-order valence-corrected chi connectivity index (χ2v) is 5.41. The van der Waals surface area contributed by atoms with Gasteiger partial charge in [-0.15, -0.1) is 0 Å². The van der Waals surface area contributed by atoms with Crippen molar-refractivity contribution in [3.63, 3.8) is 0 Å². The molecule has 0 bridgehead atoms. The monoisotopic (exact) mass is 211 g/mol. The van der Waals surface area contributed by atoms with Crippen molar-refractivity contribution in [2.24, 2.45) is 11.7 Å². The summed E-state index contributed by atoms with van der Waals surface area (Å²) in [6, 6.07) is 0.502. The molecule has 88 valence electrons. The molecule has 0 amide bonds. The van der Waals surface area contributed by atoms with Crippen LogP contribution in [0.4, 0.5) is 0 Å². The first-order valence-electron chi connectivity index (χ1n) is 6.40. The fourth-order valence-electron chi connectivity index (χ4n) is 2.79. The molecule has 1 heterocycles. The van der Waals surface area contributed by atoms with Crippen molar-refractivity contribution >= 4 is 0 Å². The zero-order valence-corrected chi connectivity index (χ0v) is 9.99. The minimum absolute atomic E-state index is 0.502. The average molecular weight is 211 g/mol. The molecule has 3 nitrogen and oxygen atoms in total. The Balaban J connectivity index is 1.54. The van der Waals surface area contributed by atoms with Crippen molar-refractivity contribution in [3.8, 4) is 0 Å². The van der Waals surface area contributed by atoms with Crippen molar-refractivity contribution in [3.05, 3.63) is 0 Å². The van der Waals surface area contributed by atoms with Gasteiger partial charge in [-0.05, 0) is 51.7 Å². The lowest BCUT2D eigenvalue weighted by molar-refractivity contribution is 0.169. The van der Waals surface area contributed by atoms with Crippen LogP contribution in [0.2, 0.25) is 0 Å². The average Bonchev–Trinajstić information content (AvgIpc) is 2.65. The molecule has 0 spiro atoms. The van der Waals surface area contributed by atoms with Gasteiger partial charge in [0.1, 0.15) is 0 Å². The molecule has 1 saturated carbocycles. The van der Waals surface area contributed by atoms with Crippen molar-refractivity contribution in [2.45, 2.75) is 31.7 Å². The Morgan fingerprint density at radius 3 is 2.53 bits per heavy atom. The predicted molar refractivity (Wildman–Crippen MR) is 63.9 cm³/mol. The Bertz CT molecular complexity index is 183. The summed E-state index contributed by atoms with van der Waals surface area (Å²) in [5.74, 6) is 0.878. The van der Waals surface area contributed by atoms with Crippen LogP contribution in [0.1, 0.15) is 25.7 Å². The maximum absolute atomic E-state index is 5.79. The van der Waals surface area contributed by atoms with E-state index in [1.54, 1.807) is 0 Å². The van der Waals surface area contributed by atoms with E-state index >= 15 is 0 Å². The van der Waals surface area contributed by atoms with Crippen molar-refractivity contribution in [1.82, 2.24) is 9.80 Å². The van der Waals surface area contributed by atoms with Gasteiger partial charge in [-0.2, -0.15) is 0 Å². The number of nitrogens with zero attached hydrogens (tertiary/aromatic N) is 2. The quantitative estimate of drug-likeness (QED) is 0.728. The highest BCUT2D eigenvalue weighted by molar-refractivity contribution is 4.83. The highest BCUT2D eigenvalue weighted by atomic mass is 15.2. The summed E-state index contributed by atoms with van der Waals surface area (Å²) in [5.41, 5.74) is 5.79. The Hall–Kier alpha value is -0.120. The van der Waals surface area contributed by atoms with Gasteiger partial charge in [0.25, 0.3) is 0 Å². The van der Waals surface area contributed by atoms with Crippen LogP contribution in [0.3, 0.4) is 0 Å². The first-order valence-corrected chi connectivity index (χ1v) is 6.40. The van der Waals surface area contributed by atoms with Crippen LogP contribution < -0.4 is 5.73 Å². The highest BCUT2D eigenvalue weighted by Crippen LogP contribution is 2.25. The SMILES string of the molecule is CN(CCN1CCCC1)CC1CC(N)C1. The zero-order valence-electron chi connectivity index (χ0n) is 9.99. The predicted octanol–water partition coefficient (Wildman–Crippen LogP) is 0.751. The summed E-state index contributed by atoms with van der Waals surface area (Å²) in [6.45, 7) is 6.38. The molecule has 0 aromatic heterocycles. The Labute approximate surface area is 93.6 Å². The summed E-state index contributed by atoms with van der Waals surface area (Å²) in [7, 11) is 2.25. The van der Waals surface area contributed by atoms with E-state index in [4.69, 9.17) is 5.73 Å². The molecule has 15 heavy (non-hydrogen) atoms. The second-order valence-electron chi connectivity index (χ2n) is 5.41. The van der Waals surface area contributed by atoms with Gasteiger partial charge < -0.3 is 15.5 Å². The molecule has 0 aromatic rings. The summed E-state index contributed by atoms with van der Waals surface area (Å²) < 4.78 is 0. The lowest BCUT2D eigenvalue weighted by atomic mass is 9.81. The number of likely N-dealkylation sites (N-methyl/N-ethyl adjacent to an activating group) is 1. The number of rotatable bonds is 5. The molecule has 3 heteroatoms. The molecule has 0 unspecified atom stereocenters. The zero-order chi connectivity index (χ0) is 10.7. The van der Waals surface area contributed by atoms with Crippen molar-refractivity contribution < 1.29 is 0 Å². The van der Waals surface area contributed by atoms with Gasteiger partial charge in [-0.1, -0.05) is 0 Å². The maximum atomic E-state index is 5.79. The van der Waals surface area contributed by atoms with Gasteiger partial charge in [-0.25, -0.2) is 0 Å². The smallest absolute Gasteiger partial charge is 0.0109 e. The van der Waals surface area contributed by atoms with Crippen LogP contribution in [0, 0.1) is 5.92 Å². The molecular formula is C12H25N3. The van der Waals surface area contributed by atoms with Crippen LogP contribution in [0.25, 0.3) is 0 Å². The minimum Gasteiger partial charge on any atom is -0.328 e. The Morgan fingerprint density at radius 1 is 1.27 bits per heavy atom.